The van der Waals surface area contributed by atoms with Crippen LogP contribution in [0.5, 0.6) is 0 Å². The molecule has 144 valence electrons. The molecule has 1 saturated heterocycles. The van der Waals surface area contributed by atoms with E-state index in [-0.39, 0.29) is 23.5 Å². The number of benzene rings is 2. The topological polar surface area (TPSA) is 75.7 Å². The van der Waals surface area contributed by atoms with Gasteiger partial charge in [0, 0.05) is 6.54 Å². The molecule has 0 saturated carbocycles. The minimum Gasteiger partial charge on any atom is -0.370 e. The summed E-state index contributed by atoms with van der Waals surface area (Å²) in [6.07, 6.45) is -0.195. The lowest BCUT2D eigenvalue weighted by Crippen LogP contribution is -2.46. The van der Waals surface area contributed by atoms with Crippen LogP contribution in [0.4, 0.5) is 0 Å². The van der Waals surface area contributed by atoms with E-state index < -0.39 is 10.0 Å². The van der Waals surface area contributed by atoms with Crippen LogP contribution in [-0.2, 0) is 19.6 Å². The standard InChI is InChI=1S/C20H24N2O4S/c1-15-8-9-19(16(2)12-15)27(24,25)21-13-20(23)22-10-11-26-18(14-22)17-6-4-3-5-7-17/h3-9,12,18,21H,10-11,13-14H2,1-2H3. The fourth-order valence-electron chi connectivity index (χ4n) is 3.19. The number of sulfonamides is 1. The van der Waals surface area contributed by atoms with E-state index in [2.05, 4.69) is 4.72 Å². The minimum atomic E-state index is -3.74. The number of hydrogen-bond donors (Lipinski definition) is 1. The van der Waals surface area contributed by atoms with Gasteiger partial charge in [0.2, 0.25) is 15.9 Å². The molecule has 1 N–H and O–H groups in total. The zero-order chi connectivity index (χ0) is 19.4. The van der Waals surface area contributed by atoms with E-state index in [1.54, 1.807) is 24.0 Å². The molecule has 1 atom stereocenters. The van der Waals surface area contributed by atoms with E-state index in [0.717, 1.165) is 11.1 Å². The van der Waals surface area contributed by atoms with E-state index >= 15 is 0 Å². The molecule has 6 nitrogen and oxygen atoms in total. The van der Waals surface area contributed by atoms with Crippen molar-refractivity contribution in [1.29, 1.82) is 0 Å². The lowest BCUT2D eigenvalue weighted by molar-refractivity contribution is -0.137. The first-order chi connectivity index (χ1) is 12.9. The van der Waals surface area contributed by atoms with Gasteiger partial charge in [-0.1, -0.05) is 48.0 Å². The quantitative estimate of drug-likeness (QED) is 0.852. The summed E-state index contributed by atoms with van der Waals surface area (Å²) < 4.78 is 33.2. The van der Waals surface area contributed by atoms with Crippen LogP contribution >= 0.6 is 0 Å². The van der Waals surface area contributed by atoms with Gasteiger partial charge in [-0.15, -0.1) is 0 Å². The first-order valence-corrected chi connectivity index (χ1v) is 10.4. The van der Waals surface area contributed by atoms with Gasteiger partial charge in [-0.2, -0.15) is 0 Å². The van der Waals surface area contributed by atoms with Crippen LogP contribution < -0.4 is 4.72 Å². The zero-order valence-electron chi connectivity index (χ0n) is 15.5. The van der Waals surface area contributed by atoms with Crippen molar-refractivity contribution in [2.45, 2.75) is 24.8 Å². The van der Waals surface area contributed by atoms with Crippen molar-refractivity contribution in [3.8, 4) is 0 Å². The maximum atomic E-state index is 12.5. The molecule has 1 unspecified atom stereocenters. The van der Waals surface area contributed by atoms with Gasteiger partial charge in [0.05, 0.1) is 24.6 Å². The third kappa shape index (κ3) is 4.74. The second-order valence-corrected chi connectivity index (χ2v) is 8.44. The van der Waals surface area contributed by atoms with Crippen molar-refractivity contribution in [3.05, 3.63) is 65.2 Å². The van der Waals surface area contributed by atoms with Crippen LogP contribution in [0.15, 0.2) is 53.4 Å². The molecule has 0 bridgehead atoms. The summed E-state index contributed by atoms with van der Waals surface area (Å²) in [6, 6.07) is 14.8. The van der Waals surface area contributed by atoms with E-state index in [1.807, 2.05) is 43.3 Å². The fraction of sp³-hybridized carbons (Fsp3) is 0.350. The van der Waals surface area contributed by atoms with Crippen molar-refractivity contribution < 1.29 is 17.9 Å². The lowest BCUT2D eigenvalue weighted by Gasteiger charge is -2.33. The van der Waals surface area contributed by atoms with E-state index in [4.69, 9.17) is 4.74 Å². The molecule has 3 rings (SSSR count). The Morgan fingerprint density at radius 1 is 1.19 bits per heavy atom. The number of aryl methyl sites for hydroxylation is 2. The summed E-state index contributed by atoms with van der Waals surface area (Å²) in [6.45, 7) is 4.67. The molecular weight excluding hydrogens is 364 g/mol. The summed E-state index contributed by atoms with van der Waals surface area (Å²) in [5, 5.41) is 0. The van der Waals surface area contributed by atoms with Crippen LogP contribution in [0.1, 0.15) is 22.8 Å². The number of ether oxygens (including phenoxy) is 1. The predicted molar refractivity (Wildman–Crippen MR) is 103 cm³/mol. The molecule has 0 aliphatic carbocycles. The van der Waals surface area contributed by atoms with Crippen molar-refractivity contribution in [2.24, 2.45) is 0 Å². The first-order valence-electron chi connectivity index (χ1n) is 8.88. The molecule has 1 aliphatic rings. The van der Waals surface area contributed by atoms with Crippen LogP contribution in [0, 0.1) is 13.8 Å². The number of rotatable bonds is 5. The summed E-state index contributed by atoms with van der Waals surface area (Å²) in [5.74, 6) is -0.257. The number of nitrogens with one attached hydrogen (secondary N) is 1. The number of morpholine rings is 1. The van der Waals surface area contributed by atoms with Crippen LogP contribution in [0.3, 0.4) is 0 Å². The summed E-state index contributed by atoms with van der Waals surface area (Å²) in [7, 11) is -3.74. The molecule has 7 heteroatoms. The third-order valence-electron chi connectivity index (χ3n) is 4.62. The van der Waals surface area contributed by atoms with Gasteiger partial charge in [0.25, 0.3) is 0 Å². The Kier molecular flexibility index (Phi) is 5.94. The summed E-state index contributed by atoms with van der Waals surface area (Å²) in [4.78, 5) is 14.4. The normalized spacial score (nSPS) is 17.7. The van der Waals surface area contributed by atoms with Crippen molar-refractivity contribution >= 4 is 15.9 Å². The third-order valence-corrected chi connectivity index (χ3v) is 6.19. The first kappa shape index (κ1) is 19.5. The molecule has 0 radical (unpaired) electrons. The second-order valence-electron chi connectivity index (χ2n) is 6.70. The summed E-state index contributed by atoms with van der Waals surface area (Å²) >= 11 is 0. The molecule has 27 heavy (non-hydrogen) atoms. The Hall–Kier alpha value is -2.22. The highest BCUT2D eigenvalue weighted by Crippen LogP contribution is 2.22. The average molecular weight is 388 g/mol. The molecule has 1 aliphatic heterocycles. The van der Waals surface area contributed by atoms with Gasteiger partial charge in [-0.3, -0.25) is 4.79 Å². The number of hydrogen-bond acceptors (Lipinski definition) is 4. The molecule has 0 aromatic heterocycles. The molecule has 2 aromatic carbocycles. The number of amides is 1. The Balaban J connectivity index is 1.63. The molecule has 1 amide bonds. The van der Waals surface area contributed by atoms with Gasteiger partial charge in [0.1, 0.15) is 6.10 Å². The lowest BCUT2D eigenvalue weighted by atomic mass is 10.1. The number of carbonyl (C=O) groups excluding carboxylic acids is 1. The second kappa shape index (κ2) is 8.21. The Labute approximate surface area is 160 Å². The predicted octanol–water partition coefficient (Wildman–Crippen LogP) is 2.18. The molecule has 1 fully saturated rings. The molecule has 1 heterocycles. The Morgan fingerprint density at radius 2 is 1.93 bits per heavy atom. The smallest absolute Gasteiger partial charge is 0.241 e. The minimum absolute atomic E-state index is 0.195. The van der Waals surface area contributed by atoms with Crippen LogP contribution in [0.25, 0.3) is 0 Å². The maximum Gasteiger partial charge on any atom is 0.241 e. The Bertz CT molecular complexity index is 913. The van der Waals surface area contributed by atoms with E-state index in [9.17, 15) is 13.2 Å². The van der Waals surface area contributed by atoms with Gasteiger partial charge in [0.15, 0.2) is 0 Å². The fourth-order valence-corrected chi connectivity index (χ4v) is 4.39. The zero-order valence-corrected chi connectivity index (χ0v) is 16.3. The van der Waals surface area contributed by atoms with Gasteiger partial charge < -0.3 is 9.64 Å². The van der Waals surface area contributed by atoms with Gasteiger partial charge in [-0.05, 0) is 31.0 Å². The molecule has 2 aromatic rings. The maximum absolute atomic E-state index is 12.5. The van der Waals surface area contributed by atoms with Gasteiger partial charge >= 0.3 is 0 Å². The van der Waals surface area contributed by atoms with Crippen molar-refractivity contribution in [3.63, 3.8) is 0 Å². The highest BCUT2D eigenvalue weighted by atomic mass is 32.2. The van der Waals surface area contributed by atoms with Gasteiger partial charge in [-0.25, -0.2) is 13.1 Å². The van der Waals surface area contributed by atoms with E-state index in [0.29, 0.717) is 25.3 Å². The van der Waals surface area contributed by atoms with E-state index in [1.165, 1.54) is 0 Å². The number of nitrogens with zero attached hydrogens (tertiary/aromatic N) is 1. The van der Waals surface area contributed by atoms with Crippen LogP contribution in [0.2, 0.25) is 0 Å². The molecular formula is C20H24N2O4S. The number of carbonyl (C=O) groups is 1. The molecule has 0 spiro atoms. The summed E-state index contributed by atoms with van der Waals surface area (Å²) in [5.41, 5.74) is 2.65. The Morgan fingerprint density at radius 3 is 2.63 bits per heavy atom. The highest BCUT2D eigenvalue weighted by Gasteiger charge is 2.26. The highest BCUT2D eigenvalue weighted by molar-refractivity contribution is 7.89. The largest absolute Gasteiger partial charge is 0.370 e. The van der Waals surface area contributed by atoms with Crippen LogP contribution in [-0.4, -0.2) is 45.5 Å². The monoisotopic (exact) mass is 388 g/mol. The average Bonchev–Trinajstić information content (AvgIpc) is 2.66. The SMILES string of the molecule is Cc1ccc(S(=O)(=O)NCC(=O)N2CCOC(c3ccccc3)C2)c(C)c1. The van der Waals surface area contributed by atoms with Crippen molar-refractivity contribution in [2.75, 3.05) is 26.2 Å². The van der Waals surface area contributed by atoms with Crippen molar-refractivity contribution in [1.82, 2.24) is 9.62 Å².